The van der Waals surface area contributed by atoms with Crippen molar-refractivity contribution in [2.45, 2.75) is 0 Å². The lowest BCUT2D eigenvalue weighted by molar-refractivity contribution is 0.0697. The van der Waals surface area contributed by atoms with E-state index in [0.717, 1.165) is 11.4 Å². The van der Waals surface area contributed by atoms with Crippen molar-refractivity contribution in [3.63, 3.8) is 0 Å². The van der Waals surface area contributed by atoms with E-state index in [1.165, 1.54) is 12.1 Å². The summed E-state index contributed by atoms with van der Waals surface area (Å²) in [6, 6.07) is 14.1. The minimum absolute atomic E-state index is 0.240. The molecule has 1 N–H and O–H groups in total. The van der Waals surface area contributed by atoms with E-state index in [4.69, 9.17) is 14.6 Å². The van der Waals surface area contributed by atoms with Gasteiger partial charge in [0.25, 0.3) is 0 Å². The SMILES string of the molecule is CN(C)c1cccc(OCCOc2ccc(C(=O)O)cc2)c1. The molecule has 0 aliphatic rings. The Hall–Kier alpha value is -2.69. The number of rotatable bonds is 7. The monoisotopic (exact) mass is 301 g/mol. The molecule has 0 aliphatic heterocycles. The first-order valence-electron chi connectivity index (χ1n) is 6.92. The summed E-state index contributed by atoms with van der Waals surface area (Å²) in [4.78, 5) is 12.7. The Kier molecular flexibility index (Phi) is 5.25. The number of hydrogen-bond acceptors (Lipinski definition) is 4. The van der Waals surface area contributed by atoms with Crippen LogP contribution in [-0.2, 0) is 0 Å². The molecule has 0 heterocycles. The lowest BCUT2D eigenvalue weighted by Crippen LogP contribution is -2.11. The fraction of sp³-hybridized carbons (Fsp3) is 0.235. The summed E-state index contributed by atoms with van der Waals surface area (Å²) in [6.45, 7) is 0.802. The highest BCUT2D eigenvalue weighted by Crippen LogP contribution is 2.19. The highest BCUT2D eigenvalue weighted by atomic mass is 16.5. The average Bonchev–Trinajstić information content (AvgIpc) is 2.52. The quantitative estimate of drug-likeness (QED) is 0.797. The fourth-order valence-electron chi connectivity index (χ4n) is 1.86. The van der Waals surface area contributed by atoms with E-state index in [0.29, 0.717) is 19.0 Å². The maximum absolute atomic E-state index is 10.7. The number of anilines is 1. The van der Waals surface area contributed by atoms with Crippen molar-refractivity contribution in [3.05, 3.63) is 54.1 Å². The number of carboxylic acids is 1. The van der Waals surface area contributed by atoms with Crippen LogP contribution in [0, 0.1) is 0 Å². The van der Waals surface area contributed by atoms with Gasteiger partial charge in [0.1, 0.15) is 24.7 Å². The van der Waals surface area contributed by atoms with Crippen molar-refractivity contribution in [2.24, 2.45) is 0 Å². The summed E-state index contributed by atoms with van der Waals surface area (Å²) in [6.07, 6.45) is 0. The lowest BCUT2D eigenvalue weighted by Gasteiger charge is -2.14. The Morgan fingerprint density at radius 1 is 1.00 bits per heavy atom. The predicted molar refractivity (Wildman–Crippen MR) is 85.2 cm³/mol. The van der Waals surface area contributed by atoms with Gasteiger partial charge in [-0.2, -0.15) is 0 Å². The van der Waals surface area contributed by atoms with Crippen LogP contribution in [0.25, 0.3) is 0 Å². The first kappa shape index (κ1) is 15.7. The van der Waals surface area contributed by atoms with Crippen molar-refractivity contribution in [3.8, 4) is 11.5 Å². The number of benzene rings is 2. The largest absolute Gasteiger partial charge is 0.490 e. The van der Waals surface area contributed by atoms with Crippen LogP contribution in [0.5, 0.6) is 11.5 Å². The lowest BCUT2D eigenvalue weighted by atomic mass is 10.2. The van der Waals surface area contributed by atoms with E-state index >= 15 is 0 Å². The van der Waals surface area contributed by atoms with Gasteiger partial charge in [-0.25, -0.2) is 4.79 Å². The first-order valence-corrected chi connectivity index (χ1v) is 6.92. The summed E-state index contributed by atoms with van der Waals surface area (Å²) in [7, 11) is 3.95. The number of ether oxygens (including phenoxy) is 2. The molecule has 0 radical (unpaired) electrons. The summed E-state index contributed by atoms with van der Waals surface area (Å²) in [5.74, 6) is 0.460. The van der Waals surface area contributed by atoms with Gasteiger partial charge in [0.2, 0.25) is 0 Å². The van der Waals surface area contributed by atoms with Gasteiger partial charge in [-0.15, -0.1) is 0 Å². The number of aromatic carboxylic acids is 1. The van der Waals surface area contributed by atoms with Gasteiger partial charge < -0.3 is 19.5 Å². The van der Waals surface area contributed by atoms with E-state index in [1.807, 2.05) is 43.3 Å². The molecule has 0 saturated heterocycles. The van der Waals surface area contributed by atoms with E-state index in [2.05, 4.69) is 0 Å². The van der Waals surface area contributed by atoms with E-state index in [-0.39, 0.29) is 5.56 Å². The molecule has 0 aliphatic carbocycles. The first-order chi connectivity index (χ1) is 10.6. The molecule has 0 atom stereocenters. The molecule has 0 fully saturated rings. The molecular weight excluding hydrogens is 282 g/mol. The molecule has 5 heteroatoms. The van der Waals surface area contributed by atoms with Gasteiger partial charge in [0, 0.05) is 25.8 Å². The van der Waals surface area contributed by atoms with E-state index in [1.54, 1.807) is 12.1 Å². The Labute approximate surface area is 129 Å². The molecule has 2 aromatic rings. The zero-order chi connectivity index (χ0) is 15.9. The third-order valence-corrected chi connectivity index (χ3v) is 3.06. The molecular formula is C17H19NO4. The summed E-state index contributed by atoms with van der Waals surface area (Å²) >= 11 is 0. The third-order valence-electron chi connectivity index (χ3n) is 3.06. The zero-order valence-corrected chi connectivity index (χ0v) is 12.7. The predicted octanol–water partition coefficient (Wildman–Crippen LogP) is 2.91. The summed E-state index contributed by atoms with van der Waals surface area (Å²) < 4.78 is 11.1. The van der Waals surface area contributed by atoms with Gasteiger partial charge in [-0.1, -0.05) is 6.07 Å². The minimum Gasteiger partial charge on any atom is -0.490 e. The second-order valence-electron chi connectivity index (χ2n) is 4.92. The maximum Gasteiger partial charge on any atom is 0.335 e. The molecule has 0 spiro atoms. The molecule has 0 aromatic heterocycles. The van der Waals surface area contributed by atoms with Crippen LogP contribution >= 0.6 is 0 Å². The topological polar surface area (TPSA) is 59.0 Å². The van der Waals surface area contributed by atoms with Crippen LogP contribution in [-0.4, -0.2) is 38.4 Å². The zero-order valence-electron chi connectivity index (χ0n) is 12.7. The maximum atomic E-state index is 10.7. The average molecular weight is 301 g/mol. The highest BCUT2D eigenvalue weighted by Gasteiger charge is 2.02. The highest BCUT2D eigenvalue weighted by molar-refractivity contribution is 5.87. The van der Waals surface area contributed by atoms with Crippen LogP contribution in [0.1, 0.15) is 10.4 Å². The van der Waals surface area contributed by atoms with E-state index in [9.17, 15) is 4.79 Å². The number of nitrogens with zero attached hydrogens (tertiary/aromatic N) is 1. The van der Waals surface area contributed by atoms with Gasteiger partial charge in [0.05, 0.1) is 5.56 Å². The van der Waals surface area contributed by atoms with Crippen molar-refractivity contribution in [1.29, 1.82) is 0 Å². The number of carbonyl (C=O) groups is 1. The Bertz CT molecular complexity index is 623. The van der Waals surface area contributed by atoms with Crippen molar-refractivity contribution < 1.29 is 19.4 Å². The Balaban J connectivity index is 1.79. The molecule has 0 amide bonds. The van der Waals surface area contributed by atoms with Crippen LogP contribution in [0.4, 0.5) is 5.69 Å². The second kappa shape index (κ2) is 7.36. The summed E-state index contributed by atoms with van der Waals surface area (Å²) in [5, 5.41) is 8.81. The Morgan fingerprint density at radius 2 is 1.64 bits per heavy atom. The molecule has 0 bridgehead atoms. The number of hydrogen-bond donors (Lipinski definition) is 1. The van der Waals surface area contributed by atoms with Gasteiger partial charge in [-0.05, 0) is 36.4 Å². The standard InChI is InChI=1S/C17H19NO4/c1-18(2)14-4-3-5-16(12-14)22-11-10-21-15-8-6-13(7-9-15)17(19)20/h3-9,12H,10-11H2,1-2H3,(H,19,20). The molecule has 22 heavy (non-hydrogen) atoms. The summed E-state index contributed by atoms with van der Waals surface area (Å²) in [5.41, 5.74) is 1.31. The fourth-order valence-corrected chi connectivity index (χ4v) is 1.86. The molecule has 0 unspecified atom stereocenters. The van der Waals surface area contributed by atoms with Crippen LogP contribution < -0.4 is 14.4 Å². The molecule has 2 rings (SSSR count). The van der Waals surface area contributed by atoms with Gasteiger partial charge in [-0.3, -0.25) is 0 Å². The van der Waals surface area contributed by atoms with E-state index < -0.39 is 5.97 Å². The van der Waals surface area contributed by atoms with Crippen molar-refractivity contribution in [1.82, 2.24) is 0 Å². The Morgan fingerprint density at radius 3 is 2.23 bits per heavy atom. The van der Waals surface area contributed by atoms with Crippen molar-refractivity contribution >= 4 is 11.7 Å². The molecule has 2 aromatic carbocycles. The van der Waals surface area contributed by atoms with Crippen LogP contribution in [0.3, 0.4) is 0 Å². The third kappa shape index (κ3) is 4.41. The molecule has 5 nitrogen and oxygen atoms in total. The van der Waals surface area contributed by atoms with Crippen molar-refractivity contribution in [2.75, 3.05) is 32.2 Å². The van der Waals surface area contributed by atoms with Gasteiger partial charge >= 0.3 is 5.97 Å². The van der Waals surface area contributed by atoms with Crippen LogP contribution in [0.2, 0.25) is 0 Å². The van der Waals surface area contributed by atoms with Crippen LogP contribution in [0.15, 0.2) is 48.5 Å². The number of carboxylic acid groups (broad SMARTS) is 1. The second-order valence-corrected chi connectivity index (χ2v) is 4.92. The van der Waals surface area contributed by atoms with Gasteiger partial charge in [0.15, 0.2) is 0 Å². The minimum atomic E-state index is -0.948. The smallest absolute Gasteiger partial charge is 0.335 e. The molecule has 0 saturated carbocycles. The normalized spacial score (nSPS) is 10.1. The molecule has 116 valence electrons.